The van der Waals surface area contributed by atoms with Gasteiger partial charge in [0.15, 0.2) is 0 Å². The number of hydrogen-bond donors (Lipinski definition) is 1. The minimum Gasteiger partial charge on any atom is -0.381 e. The van der Waals surface area contributed by atoms with E-state index >= 15 is 0 Å². The average molecular weight is 454 g/mol. The minimum absolute atomic E-state index is 0.0152. The molecule has 7 heteroatoms. The summed E-state index contributed by atoms with van der Waals surface area (Å²) in [5, 5.41) is 7.20. The molecule has 6 nitrogen and oxygen atoms in total. The Bertz CT molecular complexity index is 900. The first-order chi connectivity index (χ1) is 15.7. The Morgan fingerprint density at radius 1 is 1.09 bits per heavy atom. The number of thiophene rings is 1. The summed E-state index contributed by atoms with van der Waals surface area (Å²) in [6, 6.07) is 12.2. The number of ether oxygens (including phenoxy) is 1. The molecular weight excluding hydrogens is 422 g/mol. The van der Waals surface area contributed by atoms with Crippen LogP contribution >= 0.6 is 11.3 Å². The number of carbonyl (C=O) groups is 2. The van der Waals surface area contributed by atoms with Crippen molar-refractivity contribution in [3.63, 3.8) is 0 Å². The van der Waals surface area contributed by atoms with E-state index in [0.29, 0.717) is 25.0 Å². The second-order valence-electron chi connectivity index (χ2n) is 9.32. The third kappa shape index (κ3) is 4.75. The Hall–Kier alpha value is -2.22. The number of likely N-dealkylation sites (tertiary alicyclic amines) is 2. The second kappa shape index (κ2) is 9.73. The second-order valence-corrected chi connectivity index (χ2v) is 10.1. The van der Waals surface area contributed by atoms with Crippen LogP contribution in [0.1, 0.15) is 34.8 Å². The molecule has 3 saturated heterocycles. The fraction of sp³-hybridized carbons (Fsp3) is 0.520. The van der Waals surface area contributed by atoms with Crippen LogP contribution in [0.15, 0.2) is 47.2 Å². The largest absolute Gasteiger partial charge is 0.381 e. The summed E-state index contributed by atoms with van der Waals surface area (Å²) < 4.78 is 5.40. The molecule has 4 atom stereocenters. The van der Waals surface area contributed by atoms with E-state index in [-0.39, 0.29) is 23.8 Å². The van der Waals surface area contributed by atoms with Crippen LogP contribution in [-0.2, 0) is 9.53 Å². The highest BCUT2D eigenvalue weighted by atomic mass is 32.1. The molecule has 1 aromatic carbocycles. The lowest BCUT2D eigenvalue weighted by atomic mass is 10.0. The molecule has 3 unspecified atom stereocenters. The first kappa shape index (κ1) is 21.6. The number of nitrogens with zero attached hydrogens (tertiary/aromatic N) is 2. The van der Waals surface area contributed by atoms with Crippen molar-refractivity contribution in [2.75, 3.05) is 45.9 Å². The number of hydrogen-bond acceptors (Lipinski definition) is 5. The minimum atomic E-state index is -0.0286. The zero-order valence-corrected chi connectivity index (χ0v) is 19.1. The highest BCUT2D eigenvalue weighted by molar-refractivity contribution is 7.08. The summed E-state index contributed by atoms with van der Waals surface area (Å²) in [5.74, 6) is 1.36. The van der Waals surface area contributed by atoms with Crippen LogP contribution in [0, 0.1) is 17.8 Å². The third-order valence-electron chi connectivity index (χ3n) is 7.17. The van der Waals surface area contributed by atoms with Gasteiger partial charge in [-0.2, -0.15) is 11.3 Å². The van der Waals surface area contributed by atoms with E-state index in [1.54, 1.807) is 11.3 Å². The zero-order valence-electron chi connectivity index (χ0n) is 18.3. The number of rotatable bonds is 7. The fourth-order valence-electron chi connectivity index (χ4n) is 5.36. The number of carbonyl (C=O) groups excluding carboxylic acids is 2. The Morgan fingerprint density at radius 2 is 1.88 bits per heavy atom. The van der Waals surface area contributed by atoms with Crippen molar-refractivity contribution in [2.45, 2.75) is 18.9 Å². The Morgan fingerprint density at radius 3 is 2.53 bits per heavy atom. The van der Waals surface area contributed by atoms with Gasteiger partial charge in [0, 0.05) is 44.7 Å². The van der Waals surface area contributed by atoms with Crippen LogP contribution in [0.3, 0.4) is 0 Å². The summed E-state index contributed by atoms with van der Waals surface area (Å²) in [4.78, 5) is 30.0. The van der Waals surface area contributed by atoms with Gasteiger partial charge in [-0.3, -0.25) is 9.59 Å². The molecule has 0 spiro atoms. The molecule has 0 radical (unpaired) electrons. The van der Waals surface area contributed by atoms with Gasteiger partial charge in [0.2, 0.25) is 5.91 Å². The Balaban J connectivity index is 1.15. The van der Waals surface area contributed by atoms with E-state index in [9.17, 15) is 9.59 Å². The maximum Gasteiger partial charge on any atom is 0.254 e. The summed E-state index contributed by atoms with van der Waals surface area (Å²) in [6.45, 7) is 5.94. The van der Waals surface area contributed by atoms with E-state index in [2.05, 4.69) is 22.3 Å². The van der Waals surface area contributed by atoms with Crippen molar-refractivity contribution in [2.24, 2.45) is 17.8 Å². The number of benzene rings is 1. The molecule has 1 aromatic heterocycles. The summed E-state index contributed by atoms with van der Waals surface area (Å²) in [5.41, 5.74) is 1.98. The summed E-state index contributed by atoms with van der Waals surface area (Å²) in [6.07, 6.45) is 1.70. The van der Waals surface area contributed by atoms with Crippen LogP contribution in [0.5, 0.6) is 0 Å². The van der Waals surface area contributed by atoms with Crippen molar-refractivity contribution in [3.05, 3.63) is 58.3 Å². The predicted octanol–water partition coefficient (Wildman–Crippen LogP) is 3.04. The molecule has 0 bridgehead atoms. The lowest BCUT2D eigenvalue weighted by Gasteiger charge is -2.25. The standard InChI is InChI=1S/C25H31N3O3S/c29-24(19-7-10-31-16-19)26-23(18-4-2-1-3-5-18)6-9-27-12-21-14-28(15-22(21)13-27)25(30)20-8-11-32-17-20/h1-5,8,11,17,19,21-23H,6-7,9-10,12-16H2,(H,26,29)/t19?,21-,22?,23?/m0/s1. The molecule has 2 aromatic rings. The van der Waals surface area contributed by atoms with Gasteiger partial charge in [-0.15, -0.1) is 0 Å². The molecule has 0 saturated carbocycles. The molecule has 3 aliphatic heterocycles. The highest BCUT2D eigenvalue weighted by Gasteiger charge is 2.41. The first-order valence-electron chi connectivity index (χ1n) is 11.6. The fourth-order valence-corrected chi connectivity index (χ4v) is 5.99. The lowest BCUT2D eigenvalue weighted by Crippen LogP contribution is -2.37. The monoisotopic (exact) mass is 453 g/mol. The number of fused-ring (bicyclic) bond motifs is 1. The van der Waals surface area contributed by atoms with E-state index < -0.39 is 0 Å². The predicted molar refractivity (Wildman–Crippen MR) is 125 cm³/mol. The van der Waals surface area contributed by atoms with E-state index in [1.165, 1.54) is 0 Å². The van der Waals surface area contributed by atoms with Crippen LogP contribution in [0.2, 0.25) is 0 Å². The molecule has 2 amide bonds. The average Bonchev–Trinajstić information content (AvgIpc) is 3.60. The van der Waals surface area contributed by atoms with Crippen LogP contribution in [0.25, 0.3) is 0 Å². The topological polar surface area (TPSA) is 61.9 Å². The number of amides is 2. The first-order valence-corrected chi connectivity index (χ1v) is 12.6. The molecule has 5 rings (SSSR count). The zero-order chi connectivity index (χ0) is 21.9. The molecule has 1 N–H and O–H groups in total. The normalized spacial score (nSPS) is 26.2. The van der Waals surface area contributed by atoms with Gasteiger partial charge in [-0.25, -0.2) is 0 Å². The van der Waals surface area contributed by atoms with Crippen molar-refractivity contribution < 1.29 is 14.3 Å². The quantitative estimate of drug-likeness (QED) is 0.700. The van der Waals surface area contributed by atoms with Gasteiger partial charge >= 0.3 is 0 Å². The molecular formula is C25H31N3O3S. The van der Waals surface area contributed by atoms with Crippen LogP contribution in [-0.4, -0.2) is 67.6 Å². The van der Waals surface area contributed by atoms with Crippen molar-refractivity contribution >= 4 is 23.2 Å². The van der Waals surface area contributed by atoms with Gasteiger partial charge in [-0.1, -0.05) is 30.3 Å². The SMILES string of the molecule is O=C(NC(CCN1CC2CN(C(=O)c3ccsc3)C[C@@H]2C1)c1ccccc1)C1CCOC1. The lowest BCUT2D eigenvalue weighted by molar-refractivity contribution is -0.125. The van der Waals surface area contributed by atoms with Crippen molar-refractivity contribution in [3.8, 4) is 0 Å². The van der Waals surface area contributed by atoms with Gasteiger partial charge in [0.1, 0.15) is 0 Å². The smallest absolute Gasteiger partial charge is 0.254 e. The van der Waals surface area contributed by atoms with Gasteiger partial charge in [0.25, 0.3) is 5.91 Å². The molecule has 170 valence electrons. The van der Waals surface area contributed by atoms with Gasteiger partial charge in [-0.05, 0) is 41.7 Å². The summed E-state index contributed by atoms with van der Waals surface area (Å²) in [7, 11) is 0. The van der Waals surface area contributed by atoms with E-state index in [1.807, 2.05) is 39.9 Å². The third-order valence-corrected chi connectivity index (χ3v) is 7.85. The summed E-state index contributed by atoms with van der Waals surface area (Å²) >= 11 is 1.58. The van der Waals surface area contributed by atoms with Crippen LogP contribution in [0.4, 0.5) is 0 Å². The van der Waals surface area contributed by atoms with E-state index in [4.69, 9.17) is 4.74 Å². The molecule has 4 heterocycles. The van der Waals surface area contributed by atoms with Gasteiger partial charge < -0.3 is 19.9 Å². The Labute approximate surface area is 193 Å². The molecule has 0 aliphatic carbocycles. The van der Waals surface area contributed by atoms with Crippen LogP contribution < -0.4 is 5.32 Å². The maximum absolute atomic E-state index is 12.7. The molecule has 32 heavy (non-hydrogen) atoms. The Kier molecular flexibility index (Phi) is 6.57. The highest BCUT2D eigenvalue weighted by Crippen LogP contribution is 2.33. The van der Waals surface area contributed by atoms with Crippen molar-refractivity contribution in [1.82, 2.24) is 15.1 Å². The number of nitrogens with one attached hydrogen (secondary N) is 1. The molecule has 3 fully saturated rings. The van der Waals surface area contributed by atoms with Crippen molar-refractivity contribution in [1.29, 1.82) is 0 Å². The maximum atomic E-state index is 12.7. The van der Waals surface area contributed by atoms with E-state index in [0.717, 1.165) is 56.7 Å². The molecule has 3 aliphatic rings. The van der Waals surface area contributed by atoms with Gasteiger partial charge in [0.05, 0.1) is 24.1 Å².